The van der Waals surface area contributed by atoms with Crippen molar-refractivity contribution in [1.82, 2.24) is 34.8 Å². The average molecular weight is 355 g/mol. The number of amides is 1. The van der Waals surface area contributed by atoms with Gasteiger partial charge in [-0.1, -0.05) is 0 Å². The quantitative estimate of drug-likeness (QED) is 0.869. The highest BCUT2D eigenvalue weighted by Crippen LogP contribution is 2.33. The SMILES string of the molecule is Cn1cc(CN2C[C@H]3Cc4nnc(C(=O)NC5CCC5)n4C[C@@H]3C2)cn1. The third kappa shape index (κ3) is 2.82. The number of hydrogen-bond donors (Lipinski definition) is 1. The molecule has 3 aliphatic rings. The smallest absolute Gasteiger partial charge is 0.289 e. The Morgan fingerprint density at radius 2 is 2.08 bits per heavy atom. The summed E-state index contributed by atoms with van der Waals surface area (Å²) in [6, 6.07) is 0.327. The van der Waals surface area contributed by atoms with E-state index in [0.29, 0.717) is 23.7 Å². The van der Waals surface area contributed by atoms with Crippen molar-refractivity contribution in [3.8, 4) is 0 Å². The molecule has 1 saturated heterocycles. The molecule has 8 heteroatoms. The van der Waals surface area contributed by atoms with E-state index >= 15 is 0 Å². The summed E-state index contributed by atoms with van der Waals surface area (Å²) < 4.78 is 3.91. The van der Waals surface area contributed by atoms with Gasteiger partial charge in [-0.05, 0) is 31.1 Å². The van der Waals surface area contributed by atoms with Crippen LogP contribution in [0.25, 0.3) is 0 Å². The summed E-state index contributed by atoms with van der Waals surface area (Å²) in [4.78, 5) is 15.0. The van der Waals surface area contributed by atoms with Gasteiger partial charge < -0.3 is 9.88 Å². The maximum Gasteiger partial charge on any atom is 0.289 e. The van der Waals surface area contributed by atoms with Gasteiger partial charge in [-0.3, -0.25) is 14.4 Å². The first-order valence-corrected chi connectivity index (χ1v) is 9.58. The molecule has 0 radical (unpaired) electrons. The second kappa shape index (κ2) is 6.19. The average Bonchev–Trinajstić information content (AvgIpc) is 3.26. The molecule has 2 aromatic heterocycles. The second-order valence-electron chi connectivity index (χ2n) is 8.09. The van der Waals surface area contributed by atoms with Crippen molar-refractivity contribution < 1.29 is 4.79 Å². The molecule has 2 aliphatic heterocycles. The number of aryl methyl sites for hydroxylation is 1. The van der Waals surface area contributed by atoms with Crippen LogP contribution in [-0.4, -0.2) is 54.5 Å². The van der Waals surface area contributed by atoms with Crippen LogP contribution in [0.15, 0.2) is 12.4 Å². The van der Waals surface area contributed by atoms with Crippen LogP contribution in [0.2, 0.25) is 0 Å². The van der Waals surface area contributed by atoms with Crippen molar-refractivity contribution in [2.24, 2.45) is 18.9 Å². The van der Waals surface area contributed by atoms with E-state index in [-0.39, 0.29) is 5.91 Å². The Labute approximate surface area is 152 Å². The summed E-state index contributed by atoms with van der Waals surface area (Å²) in [6.07, 6.45) is 8.32. The number of aromatic nitrogens is 5. The maximum absolute atomic E-state index is 12.5. The Balaban J connectivity index is 1.27. The summed E-state index contributed by atoms with van der Waals surface area (Å²) >= 11 is 0. The molecule has 1 amide bonds. The van der Waals surface area contributed by atoms with E-state index in [4.69, 9.17) is 0 Å². The minimum Gasteiger partial charge on any atom is -0.347 e. The Morgan fingerprint density at radius 3 is 2.81 bits per heavy atom. The number of hydrogen-bond acceptors (Lipinski definition) is 5. The third-order valence-corrected chi connectivity index (χ3v) is 6.15. The van der Waals surface area contributed by atoms with Gasteiger partial charge in [0.25, 0.3) is 5.91 Å². The predicted molar refractivity (Wildman–Crippen MR) is 94.3 cm³/mol. The van der Waals surface area contributed by atoms with E-state index in [9.17, 15) is 4.79 Å². The van der Waals surface area contributed by atoms with Gasteiger partial charge in [-0.15, -0.1) is 10.2 Å². The molecule has 0 unspecified atom stereocenters. The molecule has 138 valence electrons. The Morgan fingerprint density at radius 1 is 1.23 bits per heavy atom. The van der Waals surface area contributed by atoms with Gasteiger partial charge in [0, 0.05) is 57.4 Å². The summed E-state index contributed by atoms with van der Waals surface area (Å²) in [5.74, 6) is 2.57. The molecule has 2 atom stereocenters. The van der Waals surface area contributed by atoms with Gasteiger partial charge in [0.2, 0.25) is 5.82 Å². The fraction of sp³-hybridized carbons (Fsp3) is 0.667. The highest BCUT2D eigenvalue weighted by atomic mass is 16.2. The molecule has 0 aromatic carbocycles. The van der Waals surface area contributed by atoms with Crippen LogP contribution in [0, 0.1) is 11.8 Å². The first-order chi connectivity index (χ1) is 12.7. The number of likely N-dealkylation sites (tertiary alicyclic amines) is 1. The zero-order valence-corrected chi connectivity index (χ0v) is 15.1. The van der Waals surface area contributed by atoms with Crippen LogP contribution in [-0.2, 0) is 26.6 Å². The third-order valence-electron chi connectivity index (χ3n) is 6.15. The molecule has 1 saturated carbocycles. The fourth-order valence-corrected chi connectivity index (χ4v) is 4.53. The van der Waals surface area contributed by atoms with Gasteiger partial charge >= 0.3 is 0 Å². The van der Waals surface area contributed by atoms with Crippen molar-refractivity contribution in [3.63, 3.8) is 0 Å². The fourth-order valence-electron chi connectivity index (χ4n) is 4.53. The normalized spacial score (nSPS) is 25.6. The van der Waals surface area contributed by atoms with Crippen LogP contribution < -0.4 is 5.32 Å². The molecule has 4 heterocycles. The number of fused-ring (bicyclic) bond motifs is 2. The summed E-state index contributed by atoms with van der Waals surface area (Å²) in [5, 5.41) is 15.9. The lowest BCUT2D eigenvalue weighted by Crippen LogP contribution is -2.41. The molecule has 8 nitrogen and oxygen atoms in total. The van der Waals surface area contributed by atoms with Gasteiger partial charge in [-0.2, -0.15) is 5.10 Å². The van der Waals surface area contributed by atoms with Crippen molar-refractivity contribution in [2.45, 2.75) is 44.8 Å². The van der Waals surface area contributed by atoms with Crippen LogP contribution in [0.4, 0.5) is 0 Å². The Bertz CT molecular complexity index is 821. The molecule has 26 heavy (non-hydrogen) atoms. The highest BCUT2D eigenvalue weighted by Gasteiger charge is 2.39. The van der Waals surface area contributed by atoms with E-state index in [1.54, 1.807) is 0 Å². The van der Waals surface area contributed by atoms with Crippen molar-refractivity contribution in [3.05, 3.63) is 29.6 Å². The zero-order valence-electron chi connectivity index (χ0n) is 15.1. The molecule has 0 spiro atoms. The van der Waals surface area contributed by atoms with Crippen molar-refractivity contribution in [2.75, 3.05) is 13.1 Å². The number of nitrogens with zero attached hydrogens (tertiary/aromatic N) is 6. The molecular weight excluding hydrogens is 330 g/mol. The Kier molecular flexibility index (Phi) is 3.81. The number of carbonyl (C=O) groups is 1. The lowest BCUT2D eigenvalue weighted by molar-refractivity contribution is 0.0898. The molecule has 2 aromatic rings. The van der Waals surface area contributed by atoms with E-state index < -0.39 is 0 Å². The summed E-state index contributed by atoms with van der Waals surface area (Å²) in [6.45, 7) is 3.93. The molecule has 0 bridgehead atoms. The lowest BCUT2D eigenvalue weighted by atomic mass is 9.89. The van der Waals surface area contributed by atoms with Crippen LogP contribution >= 0.6 is 0 Å². The van der Waals surface area contributed by atoms with Crippen LogP contribution in [0.1, 0.15) is 41.3 Å². The van der Waals surface area contributed by atoms with Crippen LogP contribution in [0.5, 0.6) is 0 Å². The summed E-state index contributed by atoms with van der Waals surface area (Å²) in [5.41, 5.74) is 1.26. The molecule has 5 rings (SSSR count). The van der Waals surface area contributed by atoms with Crippen molar-refractivity contribution >= 4 is 5.91 Å². The van der Waals surface area contributed by atoms with E-state index in [2.05, 4.69) is 36.3 Å². The van der Waals surface area contributed by atoms with Gasteiger partial charge in [0.05, 0.1) is 6.20 Å². The summed E-state index contributed by atoms with van der Waals surface area (Å²) in [7, 11) is 1.95. The first-order valence-electron chi connectivity index (χ1n) is 9.58. The molecular formula is C18H25N7O. The minimum absolute atomic E-state index is 0.0582. The van der Waals surface area contributed by atoms with Gasteiger partial charge in [0.15, 0.2) is 0 Å². The van der Waals surface area contributed by atoms with Gasteiger partial charge in [-0.25, -0.2) is 0 Å². The standard InChI is InChI=1S/C18H25N7O/c1-23-7-12(6-19-23)8-24-9-13-5-16-21-22-17(25(16)11-14(13)10-24)18(26)20-15-3-2-4-15/h6-7,13-15H,2-5,8-11H2,1H3,(H,20,26)/t13-,14+/m1/s1. The second-order valence-corrected chi connectivity index (χ2v) is 8.09. The van der Waals surface area contributed by atoms with E-state index in [1.807, 2.05) is 17.9 Å². The zero-order chi connectivity index (χ0) is 17.7. The monoisotopic (exact) mass is 355 g/mol. The number of carbonyl (C=O) groups excluding carboxylic acids is 1. The predicted octanol–water partition coefficient (Wildman–Crippen LogP) is 0.598. The van der Waals surface area contributed by atoms with E-state index in [0.717, 1.165) is 51.3 Å². The highest BCUT2D eigenvalue weighted by molar-refractivity contribution is 5.91. The largest absolute Gasteiger partial charge is 0.347 e. The molecule has 1 N–H and O–H groups in total. The molecule has 2 fully saturated rings. The number of rotatable bonds is 4. The van der Waals surface area contributed by atoms with Crippen LogP contribution in [0.3, 0.4) is 0 Å². The lowest BCUT2D eigenvalue weighted by Gasteiger charge is -2.28. The van der Waals surface area contributed by atoms with E-state index in [1.165, 1.54) is 12.0 Å². The topological polar surface area (TPSA) is 80.9 Å². The Hall–Kier alpha value is -2.22. The van der Waals surface area contributed by atoms with Gasteiger partial charge in [0.1, 0.15) is 5.82 Å². The number of nitrogens with one attached hydrogen (secondary N) is 1. The first kappa shape index (κ1) is 16.0. The molecule has 1 aliphatic carbocycles. The minimum atomic E-state index is -0.0582. The maximum atomic E-state index is 12.5. The van der Waals surface area contributed by atoms with Crippen molar-refractivity contribution in [1.29, 1.82) is 0 Å².